The highest BCUT2D eigenvalue weighted by Gasteiger charge is 2.27. The van der Waals surface area contributed by atoms with E-state index in [9.17, 15) is 4.79 Å². The van der Waals surface area contributed by atoms with Gasteiger partial charge in [-0.3, -0.25) is 14.1 Å². The Labute approximate surface area is 178 Å². The van der Waals surface area contributed by atoms with Gasteiger partial charge >= 0.3 is 5.69 Å². The summed E-state index contributed by atoms with van der Waals surface area (Å²) in [5, 5.41) is 0.470. The SMILES string of the molecule is CC(C)CCn1c(Cn2c(=O)n(C3COC3)c3ccncc32)cc2nc(Cl)ccc21. The summed E-state index contributed by atoms with van der Waals surface area (Å²) in [7, 11) is 0. The van der Waals surface area contributed by atoms with Crippen LogP contribution in [0.4, 0.5) is 0 Å². The quantitative estimate of drug-likeness (QED) is 0.440. The monoisotopic (exact) mass is 425 g/mol. The highest BCUT2D eigenvalue weighted by Crippen LogP contribution is 2.25. The zero-order valence-corrected chi connectivity index (χ0v) is 17.8. The van der Waals surface area contributed by atoms with Gasteiger partial charge in [-0.15, -0.1) is 0 Å². The Kier molecular flexibility index (Phi) is 4.87. The molecule has 0 bridgehead atoms. The Bertz CT molecular complexity index is 1280. The van der Waals surface area contributed by atoms with Crippen molar-refractivity contribution in [1.29, 1.82) is 0 Å². The number of fused-ring (bicyclic) bond motifs is 2. The van der Waals surface area contributed by atoms with E-state index >= 15 is 0 Å². The van der Waals surface area contributed by atoms with Crippen LogP contribution in [0.2, 0.25) is 5.15 Å². The normalized spacial score (nSPS) is 14.8. The molecule has 4 aromatic rings. The van der Waals surface area contributed by atoms with Crippen molar-refractivity contribution >= 4 is 33.7 Å². The van der Waals surface area contributed by atoms with Crippen LogP contribution in [0, 0.1) is 5.92 Å². The van der Waals surface area contributed by atoms with Gasteiger partial charge in [0.2, 0.25) is 0 Å². The van der Waals surface area contributed by atoms with Crippen LogP contribution in [0.3, 0.4) is 0 Å². The molecular formula is C22H24ClN5O2. The molecule has 30 heavy (non-hydrogen) atoms. The number of aryl methyl sites for hydroxylation is 1. The molecule has 1 fully saturated rings. The maximum Gasteiger partial charge on any atom is 0.329 e. The van der Waals surface area contributed by atoms with E-state index in [1.807, 2.05) is 33.4 Å². The summed E-state index contributed by atoms with van der Waals surface area (Å²) < 4.78 is 11.2. The first-order valence-electron chi connectivity index (χ1n) is 10.3. The summed E-state index contributed by atoms with van der Waals surface area (Å²) in [5.74, 6) is 0.572. The third-order valence-electron chi connectivity index (χ3n) is 5.81. The summed E-state index contributed by atoms with van der Waals surface area (Å²) >= 11 is 6.13. The second-order valence-electron chi connectivity index (χ2n) is 8.30. The van der Waals surface area contributed by atoms with Crippen LogP contribution in [0.1, 0.15) is 32.0 Å². The third-order valence-corrected chi connectivity index (χ3v) is 6.02. The molecule has 5 rings (SSSR count). The number of nitrogens with zero attached hydrogens (tertiary/aromatic N) is 5. The van der Waals surface area contributed by atoms with E-state index in [0.29, 0.717) is 30.8 Å². The molecule has 1 aliphatic heterocycles. The van der Waals surface area contributed by atoms with Crippen LogP contribution < -0.4 is 5.69 Å². The number of rotatable bonds is 6. The number of hydrogen-bond donors (Lipinski definition) is 0. The summed E-state index contributed by atoms with van der Waals surface area (Å²) in [4.78, 5) is 22.1. The van der Waals surface area contributed by atoms with Gasteiger partial charge in [-0.2, -0.15) is 0 Å². The number of aromatic nitrogens is 5. The van der Waals surface area contributed by atoms with Crippen molar-refractivity contribution < 1.29 is 4.74 Å². The van der Waals surface area contributed by atoms with Crippen LogP contribution >= 0.6 is 11.6 Å². The average molecular weight is 426 g/mol. The predicted octanol–water partition coefficient (Wildman–Crippen LogP) is 3.87. The van der Waals surface area contributed by atoms with E-state index in [1.165, 1.54) is 0 Å². The Balaban J connectivity index is 1.64. The van der Waals surface area contributed by atoms with Crippen LogP contribution in [0.5, 0.6) is 0 Å². The number of ether oxygens (including phenoxy) is 1. The molecule has 0 aliphatic carbocycles. The topological polar surface area (TPSA) is 66.9 Å². The van der Waals surface area contributed by atoms with Crippen molar-refractivity contribution in [2.75, 3.05) is 13.2 Å². The van der Waals surface area contributed by atoms with E-state index in [-0.39, 0.29) is 11.7 Å². The lowest BCUT2D eigenvalue weighted by molar-refractivity contribution is -0.0231. The van der Waals surface area contributed by atoms with Gasteiger partial charge in [0.15, 0.2) is 0 Å². The molecule has 4 aromatic heterocycles. The molecule has 5 heterocycles. The lowest BCUT2D eigenvalue weighted by Gasteiger charge is -2.27. The van der Waals surface area contributed by atoms with Gasteiger partial charge in [0.05, 0.1) is 54.1 Å². The lowest BCUT2D eigenvalue weighted by atomic mass is 10.1. The first-order chi connectivity index (χ1) is 14.5. The smallest absolute Gasteiger partial charge is 0.329 e. The highest BCUT2D eigenvalue weighted by molar-refractivity contribution is 6.29. The largest absolute Gasteiger partial charge is 0.377 e. The van der Waals surface area contributed by atoms with Gasteiger partial charge in [0.1, 0.15) is 5.15 Å². The van der Waals surface area contributed by atoms with Crippen LogP contribution in [0.15, 0.2) is 41.5 Å². The zero-order chi connectivity index (χ0) is 20.8. The van der Waals surface area contributed by atoms with E-state index in [0.717, 1.165) is 40.7 Å². The molecular weight excluding hydrogens is 402 g/mol. The first-order valence-corrected chi connectivity index (χ1v) is 10.7. The molecule has 8 heteroatoms. The second kappa shape index (κ2) is 7.56. The molecule has 0 radical (unpaired) electrons. The van der Waals surface area contributed by atoms with Crippen molar-refractivity contribution in [2.45, 2.75) is 39.4 Å². The molecule has 156 valence electrons. The van der Waals surface area contributed by atoms with Crippen molar-refractivity contribution in [3.63, 3.8) is 0 Å². The Morgan fingerprint density at radius 1 is 1.17 bits per heavy atom. The summed E-state index contributed by atoms with van der Waals surface area (Å²) in [6.07, 6.45) is 4.54. The van der Waals surface area contributed by atoms with Gasteiger partial charge in [0, 0.05) is 18.4 Å². The molecule has 0 amide bonds. The van der Waals surface area contributed by atoms with Crippen LogP contribution in [-0.2, 0) is 17.8 Å². The van der Waals surface area contributed by atoms with Gasteiger partial charge in [-0.1, -0.05) is 25.4 Å². The van der Waals surface area contributed by atoms with Crippen molar-refractivity contribution in [3.05, 3.63) is 58.0 Å². The van der Waals surface area contributed by atoms with Crippen molar-refractivity contribution in [2.24, 2.45) is 5.92 Å². The van der Waals surface area contributed by atoms with Gasteiger partial charge < -0.3 is 9.30 Å². The summed E-state index contributed by atoms with van der Waals surface area (Å²) in [5.41, 5.74) is 4.63. The minimum Gasteiger partial charge on any atom is -0.377 e. The number of imidazole rings is 1. The third kappa shape index (κ3) is 3.22. The van der Waals surface area contributed by atoms with E-state index in [2.05, 4.69) is 28.4 Å². The Hall–Kier alpha value is -2.64. The van der Waals surface area contributed by atoms with E-state index in [1.54, 1.807) is 12.4 Å². The second-order valence-corrected chi connectivity index (χ2v) is 8.69. The molecule has 7 nitrogen and oxygen atoms in total. The maximum atomic E-state index is 13.4. The summed E-state index contributed by atoms with van der Waals surface area (Å²) in [6.45, 7) is 6.88. The molecule has 0 N–H and O–H groups in total. The maximum absolute atomic E-state index is 13.4. The van der Waals surface area contributed by atoms with Crippen molar-refractivity contribution in [1.82, 2.24) is 23.7 Å². The van der Waals surface area contributed by atoms with Crippen LogP contribution in [0.25, 0.3) is 22.1 Å². The van der Waals surface area contributed by atoms with Gasteiger partial charge in [-0.05, 0) is 36.6 Å². The summed E-state index contributed by atoms with van der Waals surface area (Å²) in [6, 6.07) is 7.85. The molecule has 0 atom stereocenters. The molecule has 0 aromatic carbocycles. The minimum absolute atomic E-state index is 0.0297. The fourth-order valence-corrected chi connectivity index (χ4v) is 4.27. The zero-order valence-electron chi connectivity index (χ0n) is 17.1. The fraction of sp³-hybridized carbons (Fsp3) is 0.409. The number of halogens is 1. The average Bonchev–Trinajstić information content (AvgIpc) is 3.15. The van der Waals surface area contributed by atoms with E-state index in [4.69, 9.17) is 16.3 Å². The molecule has 0 spiro atoms. The predicted molar refractivity (Wildman–Crippen MR) is 117 cm³/mol. The standard InChI is InChI=1S/C22H24ClN5O2/c1-14(2)6-8-26-15(9-17-18(26)3-4-21(23)25-17)11-27-20-10-24-7-5-19(20)28(22(27)29)16-12-30-13-16/h3-5,7,9-10,14,16H,6,8,11-13H2,1-2H3. The molecule has 0 unspecified atom stereocenters. The minimum atomic E-state index is -0.0297. The van der Waals surface area contributed by atoms with E-state index < -0.39 is 0 Å². The van der Waals surface area contributed by atoms with Gasteiger partial charge in [0.25, 0.3) is 0 Å². The fourth-order valence-electron chi connectivity index (χ4n) is 4.12. The van der Waals surface area contributed by atoms with Gasteiger partial charge in [-0.25, -0.2) is 9.78 Å². The highest BCUT2D eigenvalue weighted by atomic mass is 35.5. The Morgan fingerprint density at radius 2 is 2.00 bits per heavy atom. The van der Waals surface area contributed by atoms with Crippen LogP contribution in [-0.4, -0.2) is 36.9 Å². The van der Waals surface area contributed by atoms with Crippen molar-refractivity contribution in [3.8, 4) is 0 Å². The molecule has 0 saturated carbocycles. The number of pyridine rings is 2. The molecule has 1 saturated heterocycles. The Morgan fingerprint density at radius 3 is 2.73 bits per heavy atom. The molecule has 1 aliphatic rings. The number of hydrogen-bond acceptors (Lipinski definition) is 4. The lowest BCUT2D eigenvalue weighted by Crippen LogP contribution is -2.38. The first kappa shape index (κ1) is 19.3.